The molecule has 4 aromatic carbocycles. The lowest BCUT2D eigenvalue weighted by molar-refractivity contribution is 0.563. The van der Waals surface area contributed by atoms with Gasteiger partial charge >= 0.3 is 0 Å². The van der Waals surface area contributed by atoms with Crippen LogP contribution < -0.4 is 5.32 Å². The molecule has 54 heavy (non-hydrogen) atoms. The van der Waals surface area contributed by atoms with Crippen molar-refractivity contribution in [2.24, 2.45) is 0 Å². The van der Waals surface area contributed by atoms with Gasteiger partial charge in [0, 0.05) is 39.1 Å². The zero-order valence-electron chi connectivity index (χ0n) is 31.2. The van der Waals surface area contributed by atoms with Crippen LogP contribution in [-0.4, -0.2) is 9.13 Å². The molecule has 1 unspecified atom stereocenters. The van der Waals surface area contributed by atoms with E-state index in [1.807, 2.05) is 6.92 Å². The Labute approximate surface area is 319 Å². The molecule has 0 spiro atoms. The largest absolute Gasteiger partial charge is 0.361 e. The Hall–Kier alpha value is -6.58. The molecular weight excluding hydrogens is 655 g/mol. The number of allylic oxidation sites excluding steroid dienone is 14. The minimum Gasteiger partial charge on any atom is -0.361 e. The molecule has 6 aromatic rings. The molecule has 264 valence electrons. The second-order valence-corrected chi connectivity index (χ2v) is 13.7. The summed E-state index contributed by atoms with van der Waals surface area (Å²) in [7, 11) is 0. The highest BCUT2D eigenvalue weighted by Crippen LogP contribution is 2.36. The Morgan fingerprint density at radius 1 is 0.778 bits per heavy atom. The Morgan fingerprint density at radius 2 is 1.56 bits per heavy atom. The maximum Gasteiger partial charge on any atom is 0.124 e. The summed E-state index contributed by atoms with van der Waals surface area (Å²) in [6.45, 7) is 6.42. The lowest BCUT2D eigenvalue weighted by atomic mass is 9.98. The van der Waals surface area contributed by atoms with Gasteiger partial charge in [0.25, 0.3) is 0 Å². The molecule has 0 saturated heterocycles. The van der Waals surface area contributed by atoms with Gasteiger partial charge in [-0.25, -0.2) is 0 Å². The van der Waals surface area contributed by atoms with E-state index in [2.05, 4.69) is 223 Å². The van der Waals surface area contributed by atoms with E-state index >= 15 is 0 Å². The Morgan fingerprint density at radius 3 is 2.35 bits per heavy atom. The van der Waals surface area contributed by atoms with Gasteiger partial charge in [-0.05, 0) is 110 Å². The van der Waals surface area contributed by atoms with Crippen LogP contribution in [0.15, 0.2) is 182 Å². The molecule has 1 aliphatic carbocycles. The van der Waals surface area contributed by atoms with Crippen LogP contribution in [0.25, 0.3) is 56.5 Å². The normalized spacial score (nSPS) is 16.4. The van der Waals surface area contributed by atoms with Gasteiger partial charge in [-0.2, -0.15) is 0 Å². The van der Waals surface area contributed by atoms with Crippen molar-refractivity contribution in [3.05, 3.63) is 216 Å². The third-order valence-electron chi connectivity index (χ3n) is 10.3. The fraction of sp³-hybridized carbons (Fsp3) is 0.0980. The minimum atomic E-state index is -0.0786. The fourth-order valence-corrected chi connectivity index (χ4v) is 7.68. The number of rotatable bonds is 9. The molecule has 0 saturated carbocycles. The summed E-state index contributed by atoms with van der Waals surface area (Å²) >= 11 is 0. The second-order valence-electron chi connectivity index (χ2n) is 13.7. The summed E-state index contributed by atoms with van der Waals surface area (Å²) in [5.74, 6) is 0. The first kappa shape index (κ1) is 34.5. The Balaban J connectivity index is 1.18. The van der Waals surface area contributed by atoms with Crippen molar-refractivity contribution < 1.29 is 0 Å². The van der Waals surface area contributed by atoms with Gasteiger partial charge in [-0.3, -0.25) is 0 Å². The summed E-state index contributed by atoms with van der Waals surface area (Å²) in [6.07, 6.45) is 31.7. The van der Waals surface area contributed by atoms with E-state index in [0.29, 0.717) is 0 Å². The van der Waals surface area contributed by atoms with Crippen molar-refractivity contribution in [3.63, 3.8) is 0 Å². The van der Waals surface area contributed by atoms with Crippen LogP contribution >= 0.6 is 0 Å². The van der Waals surface area contributed by atoms with Crippen LogP contribution in [0.4, 0.5) is 0 Å². The average molecular weight is 700 g/mol. The zero-order valence-corrected chi connectivity index (χ0v) is 31.2. The number of dihydropyridines is 1. The second kappa shape index (κ2) is 15.6. The lowest BCUT2D eigenvalue weighted by Gasteiger charge is -2.28. The number of aromatic nitrogens is 2. The molecule has 0 bridgehead atoms. The first-order chi connectivity index (χ1) is 26.6. The van der Waals surface area contributed by atoms with Crippen molar-refractivity contribution in [1.29, 1.82) is 0 Å². The van der Waals surface area contributed by atoms with Crippen LogP contribution in [0.1, 0.15) is 60.1 Å². The maximum atomic E-state index is 3.89. The molecule has 0 amide bonds. The first-order valence-electron chi connectivity index (χ1n) is 18.9. The summed E-state index contributed by atoms with van der Waals surface area (Å²) in [5.41, 5.74) is 14.2. The Bertz CT molecular complexity index is 2610. The maximum absolute atomic E-state index is 3.89. The molecule has 1 N–H and O–H groups in total. The number of hydrogen-bond acceptors (Lipinski definition) is 1. The van der Waals surface area contributed by atoms with E-state index in [0.717, 1.165) is 23.5 Å². The number of benzene rings is 4. The van der Waals surface area contributed by atoms with Crippen LogP contribution in [0, 0.1) is 6.92 Å². The SMILES string of the molecule is C/C=C\C=C/c1cc2cc(C(/C=C\c3c(C)n(C4C=C(c5ccccc5)C=C(c5ccccc5)N4)c4ccccc34)=C/C)ccc2n1C1=CC=CCC=C1. The summed E-state index contributed by atoms with van der Waals surface area (Å²) < 4.78 is 4.80. The molecule has 2 aromatic heterocycles. The zero-order chi connectivity index (χ0) is 36.9. The van der Waals surface area contributed by atoms with Gasteiger partial charge in [0.05, 0.1) is 11.0 Å². The first-order valence-corrected chi connectivity index (χ1v) is 18.9. The highest BCUT2D eigenvalue weighted by molar-refractivity contribution is 5.96. The summed E-state index contributed by atoms with van der Waals surface area (Å²) in [6, 6.07) is 39.2. The number of para-hydroxylation sites is 1. The van der Waals surface area contributed by atoms with Crippen molar-refractivity contribution in [2.75, 3.05) is 0 Å². The molecular formula is C51H45N3. The van der Waals surface area contributed by atoms with Gasteiger partial charge in [0.15, 0.2) is 0 Å². The lowest BCUT2D eigenvalue weighted by Crippen LogP contribution is -2.27. The van der Waals surface area contributed by atoms with Crippen LogP contribution in [0.3, 0.4) is 0 Å². The topological polar surface area (TPSA) is 21.9 Å². The van der Waals surface area contributed by atoms with E-state index in [9.17, 15) is 0 Å². The van der Waals surface area contributed by atoms with Crippen molar-refractivity contribution in [3.8, 4) is 0 Å². The monoisotopic (exact) mass is 699 g/mol. The number of fused-ring (bicyclic) bond motifs is 2. The molecule has 8 rings (SSSR count). The van der Waals surface area contributed by atoms with E-state index < -0.39 is 0 Å². The van der Waals surface area contributed by atoms with Gasteiger partial charge in [-0.15, -0.1) is 0 Å². The standard InChI is InChI=1S/C51H45N3/c1-4-6-11-26-45-34-43-33-41(30-32-49(43)54(45)44-24-16-7-8-17-25-44)38(5-2)29-31-46-37(3)53(50-28-19-18-27-47(46)50)51-36-42(39-20-12-9-13-21-39)35-48(52-51)40-22-14-10-15-23-40/h4-7,9-36,51-52H,8H2,1-3H3/b6-4-,26-11-,31-29-,38-5+. The quantitative estimate of drug-likeness (QED) is 0.149. The van der Waals surface area contributed by atoms with Crippen molar-refractivity contribution in [1.82, 2.24) is 14.5 Å². The van der Waals surface area contributed by atoms with Crippen LogP contribution in [-0.2, 0) is 0 Å². The van der Waals surface area contributed by atoms with Crippen LogP contribution in [0.2, 0.25) is 0 Å². The minimum absolute atomic E-state index is 0.0786. The highest BCUT2D eigenvalue weighted by atomic mass is 15.2. The fourth-order valence-electron chi connectivity index (χ4n) is 7.68. The molecule has 3 heterocycles. The summed E-state index contributed by atoms with van der Waals surface area (Å²) in [4.78, 5) is 0. The number of hydrogen-bond donors (Lipinski definition) is 1. The van der Waals surface area contributed by atoms with Crippen molar-refractivity contribution >= 4 is 56.5 Å². The van der Waals surface area contributed by atoms with Gasteiger partial charge < -0.3 is 14.5 Å². The molecule has 1 aliphatic heterocycles. The molecule has 0 radical (unpaired) electrons. The molecule has 1 atom stereocenters. The predicted molar refractivity (Wildman–Crippen MR) is 233 cm³/mol. The number of nitrogens with one attached hydrogen (secondary N) is 1. The number of nitrogens with zero attached hydrogens (tertiary/aromatic N) is 2. The molecule has 3 nitrogen and oxygen atoms in total. The van der Waals surface area contributed by atoms with E-state index in [4.69, 9.17) is 0 Å². The van der Waals surface area contributed by atoms with E-state index in [1.165, 1.54) is 60.9 Å². The third-order valence-corrected chi connectivity index (χ3v) is 10.3. The molecule has 0 fully saturated rings. The molecule has 2 aliphatic rings. The Kier molecular flexibility index (Phi) is 9.95. The predicted octanol–water partition coefficient (Wildman–Crippen LogP) is 13.2. The highest BCUT2D eigenvalue weighted by Gasteiger charge is 2.23. The molecule has 3 heteroatoms. The van der Waals surface area contributed by atoms with E-state index in [1.54, 1.807) is 0 Å². The van der Waals surface area contributed by atoms with Gasteiger partial charge in [-0.1, -0.05) is 140 Å². The van der Waals surface area contributed by atoms with Crippen LogP contribution in [0.5, 0.6) is 0 Å². The van der Waals surface area contributed by atoms with Crippen molar-refractivity contribution in [2.45, 2.75) is 33.4 Å². The summed E-state index contributed by atoms with van der Waals surface area (Å²) in [5, 5.41) is 6.34. The smallest absolute Gasteiger partial charge is 0.124 e. The van der Waals surface area contributed by atoms with E-state index in [-0.39, 0.29) is 6.17 Å². The van der Waals surface area contributed by atoms with Gasteiger partial charge in [0.1, 0.15) is 6.17 Å². The third kappa shape index (κ3) is 6.85. The van der Waals surface area contributed by atoms with Gasteiger partial charge in [0.2, 0.25) is 0 Å². The average Bonchev–Trinajstić information content (AvgIpc) is 3.57.